The standard InChI is InChI=1S/C11H14N2O/c12-11(14)4-2-8-1-3-9-5-6-13-10(9)7-8/h1,3,7,13H,2,4-6H2,(H2,12,14). The molecule has 3 N–H and O–H groups in total. The van der Waals surface area contributed by atoms with E-state index in [1.165, 1.54) is 16.8 Å². The van der Waals surface area contributed by atoms with Crippen LogP contribution in [0.5, 0.6) is 0 Å². The molecule has 1 aliphatic rings. The molecule has 74 valence electrons. The fourth-order valence-electron chi connectivity index (χ4n) is 1.76. The monoisotopic (exact) mass is 190 g/mol. The van der Waals surface area contributed by atoms with Crippen LogP contribution >= 0.6 is 0 Å². The molecule has 1 heterocycles. The number of hydrogen-bond acceptors (Lipinski definition) is 2. The zero-order valence-corrected chi connectivity index (χ0v) is 8.05. The second-order valence-electron chi connectivity index (χ2n) is 3.63. The highest BCUT2D eigenvalue weighted by Crippen LogP contribution is 2.23. The predicted octanol–water partition coefficient (Wildman–Crippen LogP) is 1.07. The molecule has 0 atom stereocenters. The highest BCUT2D eigenvalue weighted by Gasteiger charge is 2.09. The molecule has 0 saturated carbocycles. The van der Waals surface area contributed by atoms with Gasteiger partial charge in [0.2, 0.25) is 5.91 Å². The number of amides is 1. The van der Waals surface area contributed by atoms with Gasteiger partial charge in [-0.1, -0.05) is 12.1 Å². The lowest BCUT2D eigenvalue weighted by molar-refractivity contribution is -0.117. The van der Waals surface area contributed by atoms with E-state index in [-0.39, 0.29) is 5.91 Å². The van der Waals surface area contributed by atoms with Crippen LogP contribution in [-0.2, 0) is 17.6 Å². The summed E-state index contributed by atoms with van der Waals surface area (Å²) in [5.41, 5.74) is 8.86. The molecule has 1 amide bonds. The van der Waals surface area contributed by atoms with Crippen LogP contribution in [0.4, 0.5) is 5.69 Å². The number of fused-ring (bicyclic) bond motifs is 1. The van der Waals surface area contributed by atoms with Crippen molar-refractivity contribution in [2.24, 2.45) is 5.73 Å². The average Bonchev–Trinajstić information content (AvgIpc) is 2.61. The van der Waals surface area contributed by atoms with Gasteiger partial charge in [-0.3, -0.25) is 4.79 Å². The van der Waals surface area contributed by atoms with Gasteiger partial charge in [0.05, 0.1) is 0 Å². The molecule has 0 bridgehead atoms. The second kappa shape index (κ2) is 3.70. The van der Waals surface area contributed by atoms with Crippen molar-refractivity contribution >= 4 is 11.6 Å². The second-order valence-corrected chi connectivity index (χ2v) is 3.63. The summed E-state index contributed by atoms with van der Waals surface area (Å²) in [5, 5.41) is 3.31. The molecule has 0 radical (unpaired) electrons. The van der Waals surface area contributed by atoms with E-state index in [9.17, 15) is 4.79 Å². The summed E-state index contributed by atoms with van der Waals surface area (Å²) in [6.45, 7) is 1.02. The van der Waals surface area contributed by atoms with Gasteiger partial charge >= 0.3 is 0 Å². The van der Waals surface area contributed by atoms with Crippen LogP contribution in [0.25, 0.3) is 0 Å². The van der Waals surface area contributed by atoms with Crippen molar-refractivity contribution in [2.45, 2.75) is 19.3 Å². The molecule has 1 aliphatic heterocycles. The van der Waals surface area contributed by atoms with Crippen molar-refractivity contribution in [3.63, 3.8) is 0 Å². The van der Waals surface area contributed by atoms with Crippen LogP contribution in [0, 0.1) is 0 Å². The van der Waals surface area contributed by atoms with E-state index in [1.807, 2.05) is 0 Å². The number of carbonyl (C=O) groups excluding carboxylic acids is 1. The SMILES string of the molecule is NC(=O)CCc1ccc2c(c1)NCC2. The molecule has 0 fully saturated rings. The Morgan fingerprint density at radius 3 is 3.14 bits per heavy atom. The van der Waals surface area contributed by atoms with Gasteiger partial charge in [-0.15, -0.1) is 0 Å². The number of carbonyl (C=O) groups is 1. The summed E-state index contributed by atoms with van der Waals surface area (Å²) in [5.74, 6) is -0.238. The molecule has 0 unspecified atom stereocenters. The van der Waals surface area contributed by atoms with Crippen LogP contribution < -0.4 is 11.1 Å². The molecular weight excluding hydrogens is 176 g/mol. The number of anilines is 1. The Hall–Kier alpha value is -1.51. The lowest BCUT2D eigenvalue weighted by Gasteiger charge is -2.03. The van der Waals surface area contributed by atoms with Crippen LogP contribution in [0.3, 0.4) is 0 Å². The highest BCUT2D eigenvalue weighted by molar-refractivity contribution is 5.74. The van der Waals surface area contributed by atoms with Gasteiger partial charge < -0.3 is 11.1 Å². The van der Waals surface area contributed by atoms with Gasteiger partial charge in [0.25, 0.3) is 0 Å². The normalized spacial score (nSPS) is 13.4. The molecule has 1 aromatic carbocycles. The van der Waals surface area contributed by atoms with Crippen molar-refractivity contribution in [2.75, 3.05) is 11.9 Å². The Morgan fingerprint density at radius 2 is 2.36 bits per heavy atom. The topological polar surface area (TPSA) is 55.1 Å². The largest absolute Gasteiger partial charge is 0.384 e. The number of rotatable bonds is 3. The molecule has 14 heavy (non-hydrogen) atoms. The van der Waals surface area contributed by atoms with E-state index in [4.69, 9.17) is 5.73 Å². The smallest absolute Gasteiger partial charge is 0.217 e. The molecule has 0 spiro atoms. The quantitative estimate of drug-likeness (QED) is 0.749. The summed E-state index contributed by atoms with van der Waals surface area (Å²) in [4.78, 5) is 10.6. The zero-order chi connectivity index (χ0) is 9.97. The molecule has 0 aliphatic carbocycles. The summed E-state index contributed by atoms with van der Waals surface area (Å²) in [7, 11) is 0. The Kier molecular flexibility index (Phi) is 2.39. The van der Waals surface area contributed by atoms with Crippen molar-refractivity contribution in [1.82, 2.24) is 0 Å². The number of benzene rings is 1. The number of nitrogens with one attached hydrogen (secondary N) is 1. The first-order valence-electron chi connectivity index (χ1n) is 4.90. The molecule has 2 rings (SSSR count). The molecular formula is C11H14N2O. The van der Waals surface area contributed by atoms with Crippen LogP contribution in [0.15, 0.2) is 18.2 Å². The third-order valence-corrected chi connectivity index (χ3v) is 2.54. The van der Waals surface area contributed by atoms with Gasteiger partial charge in [-0.25, -0.2) is 0 Å². The lowest BCUT2D eigenvalue weighted by atomic mass is 10.1. The van der Waals surface area contributed by atoms with Crippen molar-refractivity contribution < 1.29 is 4.79 Å². The van der Waals surface area contributed by atoms with E-state index in [0.717, 1.165) is 19.4 Å². The summed E-state index contributed by atoms with van der Waals surface area (Å²) >= 11 is 0. The zero-order valence-electron chi connectivity index (χ0n) is 8.05. The van der Waals surface area contributed by atoms with Gasteiger partial charge in [0.1, 0.15) is 0 Å². The minimum Gasteiger partial charge on any atom is -0.384 e. The van der Waals surface area contributed by atoms with Gasteiger partial charge in [0.15, 0.2) is 0 Å². The molecule has 3 nitrogen and oxygen atoms in total. The summed E-state index contributed by atoms with van der Waals surface area (Å²) in [6.07, 6.45) is 2.27. The average molecular weight is 190 g/mol. The van der Waals surface area contributed by atoms with Gasteiger partial charge in [-0.2, -0.15) is 0 Å². The minimum atomic E-state index is -0.238. The Bertz CT molecular complexity index is 360. The summed E-state index contributed by atoms with van der Waals surface area (Å²) in [6, 6.07) is 6.33. The third-order valence-electron chi connectivity index (χ3n) is 2.54. The van der Waals surface area contributed by atoms with Gasteiger partial charge in [-0.05, 0) is 30.0 Å². The van der Waals surface area contributed by atoms with E-state index >= 15 is 0 Å². The lowest BCUT2D eigenvalue weighted by Crippen LogP contribution is -2.11. The Morgan fingerprint density at radius 1 is 1.50 bits per heavy atom. The fraction of sp³-hybridized carbons (Fsp3) is 0.364. The number of nitrogens with two attached hydrogens (primary N) is 1. The molecule has 0 saturated heterocycles. The fourth-order valence-corrected chi connectivity index (χ4v) is 1.76. The predicted molar refractivity (Wildman–Crippen MR) is 56.2 cm³/mol. The first-order chi connectivity index (χ1) is 6.75. The first kappa shape index (κ1) is 9.06. The molecule has 0 aromatic heterocycles. The van der Waals surface area contributed by atoms with Crippen LogP contribution in [0.2, 0.25) is 0 Å². The van der Waals surface area contributed by atoms with E-state index in [2.05, 4.69) is 23.5 Å². The Labute approximate surface area is 83.3 Å². The Balaban J connectivity index is 2.09. The van der Waals surface area contributed by atoms with E-state index < -0.39 is 0 Å². The molecule has 1 aromatic rings. The van der Waals surface area contributed by atoms with Crippen LogP contribution in [-0.4, -0.2) is 12.5 Å². The van der Waals surface area contributed by atoms with Crippen molar-refractivity contribution in [3.05, 3.63) is 29.3 Å². The maximum Gasteiger partial charge on any atom is 0.217 e. The highest BCUT2D eigenvalue weighted by atomic mass is 16.1. The molecule has 3 heteroatoms. The minimum absolute atomic E-state index is 0.238. The number of hydrogen-bond donors (Lipinski definition) is 2. The maximum atomic E-state index is 10.6. The van der Waals surface area contributed by atoms with Crippen molar-refractivity contribution in [3.8, 4) is 0 Å². The third kappa shape index (κ3) is 1.87. The van der Waals surface area contributed by atoms with Crippen LogP contribution in [0.1, 0.15) is 17.5 Å². The summed E-state index contributed by atoms with van der Waals surface area (Å²) < 4.78 is 0. The number of aryl methyl sites for hydroxylation is 1. The number of primary amides is 1. The van der Waals surface area contributed by atoms with E-state index in [0.29, 0.717) is 6.42 Å². The first-order valence-corrected chi connectivity index (χ1v) is 4.90. The van der Waals surface area contributed by atoms with Crippen molar-refractivity contribution in [1.29, 1.82) is 0 Å². The van der Waals surface area contributed by atoms with Gasteiger partial charge in [0, 0.05) is 18.7 Å². The van der Waals surface area contributed by atoms with E-state index in [1.54, 1.807) is 0 Å². The maximum absolute atomic E-state index is 10.6.